The molecule has 0 aromatic carbocycles. The minimum Gasteiger partial charge on any atom is -0.390 e. The molecule has 0 saturated carbocycles. The number of piperidine rings is 1. The zero-order valence-electron chi connectivity index (χ0n) is 12.9. The van der Waals surface area contributed by atoms with E-state index in [-0.39, 0.29) is 12.0 Å². The molecule has 1 spiro atoms. The average molecular weight is 308 g/mol. The molecule has 0 bridgehead atoms. The lowest BCUT2D eigenvalue weighted by atomic mass is 9.82. The summed E-state index contributed by atoms with van der Waals surface area (Å²) in [5.74, 6) is 0.181. The number of nitrogens with zero attached hydrogens (tertiary/aromatic N) is 4. The van der Waals surface area contributed by atoms with Gasteiger partial charge in [0.2, 0.25) is 5.91 Å². The van der Waals surface area contributed by atoms with Gasteiger partial charge in [-0.2, -0.15) is 5.10 Å². The van der Waals surface area contributed by atoms with Gasteiger partial charge in [-0.1, -0.05) is 0 Å². The molecule has 2 aliphatic rings. The van der Waals surface area contributed by atoms with E-state index in [1.807, 2.05) is 4.90 Å². The lowest BCUT2D eigenvalue weighted by Crippen LogP contribution is -2.56. The Balaban J connectivity index is 1.43. The molecule has 0 radical (unpaired) electrons. The first-order valence-electron chi connectivity index (χ1n) is 8.12. The van der Waals surface area contributed by atoms with E-state index in [1.54, 1.807) is 11.0 Å². The van der Waals surface area contributed by atoms with Crippen molar-refractivity contribution in [1.82, 2.24) is 19.7 Å². The second-order valence-electron chi connectivity index (χ2n) is 6.21. The van der Waals surface area contributed by atoms with Crippen LogP contribution >= 0.6 is 0 Å². The van der Waals surface area contributed by atoms with Crippen LogP contribution < -0.4 is 0 Å². The van der Waals surface area contributed by atoms with E-state index >= 15 is 0 Å². The Morgan fingerprint density at radius 3 is 2.91 bits per heavy atom. The maximum Gasteiger partial charge on any atom is 0.222 e. The van der Waals surface area contributed by atoms with E-state index in [0.29, 0.717) is 26.1 Å². The molecule has 7 heteroatoms. The van der Waals surface area contributed by atoms with Crippen molar-refractivity contribution in [2.45, 2.75) is 56.8 Å². The van der Waals surface area contributed by atoms with Crippen molar-refractivity contribution in [1.29, 1.82) is 0 Å². The Bertz CT molecular complexity index is 483. The van der Waals surface area contributed by atoms with Crippen LogP contribution in [0.5, 0.6) is 0 Å². The molecule has 0 aliphatic carbocycles. The standard InChI is InChI=1S/C15H24N4O3/c20-13-3-2-10-22-15(13)5-8-18(9-6-15)14(21)4-1-7-19-12-16-11-17-19/h11-13,20H,1-10H2/t13-/m0/s1. The predicted octanol–water partition coefficient (Wildman–Crippen LogP) is 0.591. The highest BCUT2D eigenvalue weighted by atomic mass is 16.5. The van der Waals surface area contributed by atoms with Crippen LogP contribution in [0.3, 0.4) is 0 Å². The third-order valence-electron chi connectivity index (χ3n) is 4.83. The minimum absolute atomic E-state index is 0.181. The fourth-order valence-corrected chi connectivity index (χ4v) is 3.42. The summed E-state index contributed by atoms with van der Waals surface area (Å²) in [6.45, 7) is 2.80. The third kappa shape index (κ3) is 3.30. The summed E-state index contributed by atoms with van der Waals surface area (Å²) < 4.78 is 7.61. The van der Waals surface area contributed by atoms with Crippen molar-refractivity contribution < 1.29 is 14.6 Å². The number of aromatic nitrogens is 3. The van der Waals surface area contributed by atoms with Gasteiger partial charge in [-0.3, -0.25) is 9.48 Å². The van der Waals surface area contributed by atoms with Crippen molar-refractivity contribution in [3.05, 3.63) is 12.7 Å². The van der Waals surface area contributed by atoms with Gasteiger partial charge in [0.15, 0.2) is 0 Å². The van der Waals surface area contributed by atoms with Crippen LogP contribution in [0, 0.1) is 0 Å². The van der Waals surface area contributed by atoms with E-state index in [0.717, 1.165) is 38.7 Å². The fourth-order valence-electron chi connectivity index (χ4n) is 3.42. The van der Waals surface area contributed by atoms with Crippen LogP contribution in [-0.2, 0) is 16.1 Å². The number of aliphatic hydroxyl groups excluding tert-OH is 1. The summed E-state index contributed by atoms with van der Waals surface area (Å²) in [5.41, 5.74) is -0.407. The number of carbonyl (C=O) groups excluding carboxylic acids is 1. The first-order chi connectivity index (χ1) is 10.7. The quantitative estimate of drug-likeness (QED) is 0.880. The number of ether oxygens (including phenoxy) is 1. The minimum atomic E-state index is -0.407. The van der Waals surface area contributed by atoms with Crippen LogP contribution in [0.15, 0.2) is 12.7 Å². The molecule has 22 heavy (non-hydrogen) atoms. The Kier molecular flexibility index (Phi) is 4.73. The predicted molar refractivity (Wildman–Crippen MR) is 79.0 cm³/mol. The molecule has 122 valence electrons. The molecule has 0 unspecified atom stereocenters. The molecular weight excluding hydrogens is 284 g/mol. The maximum absolute atomic E-state index is 12.3. The first kappa shape index (κ1) is 15.4. The number of amides is 1. The summed E-state index contributed by atoms with van der Waals surface area (Å²) in [5, 5.41) is 14.2. The van der Waals surface area contributed by atoms with Crippen molar-refractivity contribution >= 4 is 5.91 Å². The highest BCUT2D eigenvalue weighted by Gasteiger charge is 2.44. The number of hydrogen-bond acceptors (Lipinski definition) is 5. The summed E-state index contributed by atoms with van der Waals surface area (Å²) >= 11 is 0. The van der Waals surface area contributed by atoms with E-state index in [1.165, 1.54) is 6.33 Å². The molecule has 3 rings (SSSR count). The molecule has 3 heterocycles. The molecule has 2 saturated heterocycles. The van der Waals surface area contributed by atoms with Crippen molar-refractivity contribution in [2.75, 3.05) is 19.7 Å². The lowest BCUT2D eigenvalue weighted by Gasteiger charge is -2.46. The summed E-state index contributed by atoms with van der Waals surface area (Å²) in [7, 11) is 0. The van der Waals surface area contributed by atoms with Crippen LogP contribution in [0.1, 0.15) is 38.5 Å². The Hall–Kier alpha value is -1.47. The van der Waals surface area contributed by atoms with Gasteiger partial charge in [-0.25, -0.2) is 4.98 Å². The highest BCUT2D eigenvalue weighted by molar-refractivity contribution is 5.76. The SMILES string of the molecule is O=C(CCCn1cncn1)N1CCC2(CC1)OCCC[C@@H]2O. The first-order valence-corrected chi connectivity index (χ1v) is 8.12. The van der Waals surface area contributed by atoms with Crippen molar-refractivity contribution in [2.24, 2.45) is 0 Å². The summed E-state index contributed by atoms with van der Waals surface area (Å²) in [6, 6.07) is 0. The molecule has 1 atom stereocenters. The molecule has 2 fully saturated rings. The van der Waals surface area contributed by atoms with Gasteiger partial charge < -0.3 is 14.7 Å². The van der Waals surface area contributed by atoms with Gasteiger partial charge in [-0.15, -0.1) is 0 Å². The van der Waals surface area contributed by atoms with Crippen molar-refractivity contribution in [3.8, 4) is 0 Å². The number of likely N-dealkylation sites (tertiary alicyclic amines) is 1. The number of rotatable bonds is 4. The zero-order chi connectivity index (χ0) is 15.4. The number of hydrogen-bond donors (Lipinski definition) is 1. The second-order valence-corrected chi connectivity index (χ2v) is 6.21. The topological polar surface area (TPSA) is 80.5 Å². The molecule has 1 N–H and O–H groups in total. The Morgan fingerprint density at radius 2 is 2.23 bits per heavy atom. The van der Waals surface area contributed by atoms with Gasteiger partial charge in [0.1, 0.15) is 12.7 Å². The second kappa shape index (κ2) is 6.75. The Morgan fingerprint density at radius 1 is 1.41 bits per heavy atom. The monoisotopic (exact) mass is 308 g/mol. The number of aliphatic hydroxyl groups is 1. The molecule has 1 amide bonds. The highest BCUT2D eigenvalue weighted by Crippen LogP contribution is 2.35. The van der Waals surface area contributed by atoms with E-state index < -0.39 is 5.60 Å². The third-order valence-corrected chi connectivity index (χ3v) is 4.83. The van der Waals surface area contributed by atoms with E-state index in [2.05, 4.69) is 10.1 Å². The zero-order valence-corrected chi connectivity index (χ0v) is 12.9. The average Bonchev–Trinajstić information content (AvgIpc) is 3.04. The van der Waals surface area contributed by atoms with Gasteiger partial charge in [-0.05, 0) is 32.1 Å². The van der Waals surface area contributed by atoms with Crippen molar-refractivity contribution in [3.63, 3.8) is 0 Å². The van der Waals surface area contributed by atoms with Crippen LogP contribution in [0.2, 0.25) is 0 Å². The van der Waals surface area contributed by atoms with Crippen LogP contribution in [-0.4, -0.2) is 62.1 Å². The normalized spacial score (nSPS) is 24.6. The number of carbonyl (C=O) groups is 1. The molecule has 1 aromatic rings. The molecule has 7 nitrogen and oxygen atoms in total. The van der Waals surface area contributed by atoms with Gasteiger partial charge >= 0.3 is 0 Å². The largest absolute Gasteiger partial charge is 0.390 e. The summed E-state index contributed by atoms with van der Waals surface area (Å²) in [6.07, 6.45) is 7.29. The van der Waals surface area contributed by atoms with E-state index in [9.17, 15) is 9.90 Å². The molecule has 2 aliphatic heterocycles. The lowest BCUT2D eigenvalue weighted by molar-refractivity contribution is -0.179. The maximum atomic E-state index is 12.3. The van der Waals surface area contributed by atoms with Gasteiger partial charge in [0.25, 0.3) is 0 Å². The van der Waals surface area contributed by atoms with Gasteiger partial charge in [0, 0.05) is 32.7 Å². The Labute approximate surface area is 130 Å². The fraction of sp³-hybridized carbons (Fsp3) is 0.800. The number of aryl methyl sites for hydroxylation is 1. The smallest absolute Gasteiger partial charge is 0.222 e. The molecule has 1 aromatic heterocycles. The van der Waals surface area contributed by atoms with E-state index in [4.69, 9.17) is 4.74 Å². The summed E-state index contributed by atoms with van der Waals surface area (Å²) in [4.78, 5) is 18.0. The van der Waals surface area contributed by atoms with Gasteiger partial charge in [0.05, 0.1) is 11.7 Å². The van der Waals surface area contributed by atoms with Crippen LogP contribution in [0.25, 0.3) is 0 Å². The molecular formula is C15H24N4O3. The van der Waals surface area contributed by atoms with Crippen LogP contribution in [0.4, 0.5) is 0 Å².